The summed E-state index contributed by atoms with van der Waals surface area (Å²) in [5.74, 6) is 1.90. The molecule has 7 nitrogen and oxygen atoms in total. The largest absolute Gasteiger partial charge is 0.495 e. The van der Waals surface area contributed by atoms with Gasteiger partial charge < -0.3 is 14.5 Å². The number of allylic oxidation sites excluding steroid dienone is 1. The Morgan fingerprint density at radius 3 is 2.86 bits per heavy atom. The number of hydrogen-bond acceptors (Lipinski definition) is 6. The molecular weight excluding hydrogens is 412 g/mol. The molecule has 2 aromatic heterocycles. The second kappa shape index (κ2) is 9.19. The number of carbonyl (C=O) groups is 1. The third-order valence-corrected chi connectivity index (χ3v) is 5.59. The van der Waals surface area contributed by atoms with Crippen molar-refractivity contribution in [3.63, 3.8) is 0 Å². The van der Waals surface area contributed by atoms with E-state index in [0.29, 0.717) is 34.0 Å². The number of ether oxygens (including phenoxy) is 1. The lowest BCUT2D eigenvalue weighted by atomic mass is 10.2. The molecule has 0 atom stereocenters. The molecule has 1 aromatic carbocycles. The molecule has 0 fully saturated rings. The highest BCUT2D eigenvalue weighted by Crippen LogP contribution is 2.31. The topological polar surface area (TPSA) is 82.2 Å². The molecule has 29 heavy (non-hydrogen) atoms. The van der Waals surface area contributed by atoms with E-state index in [2.05, 4.69) is 22.1 Å². The summed E-state index contributed by atoms with van der Waals surface area (Å²) in [6, 6.07) is 5.30. The first kappa shape index (κ1) is 21.0. The van der Waals surface area contributed by atoms with Gasteiger partial charge in [0, 0.05) is 17.6 Å². The number of amides is 1. The maximum absolute atomic E-state index is 12.5. The first-order valence-corrected chi connectivity index (χ1v) is 10.2. The third-order valence-electron chi connectivity index (χ3n) is 4.22. The van der Waals surface area contributed by atoms with Gasteiger partial charge in [-0.05, 0) is 31.5 Å². The lowest BCUT2D eigenvalue weighted by Gasteiger charge is -2.12. The Balaban J connectivity index is 1.74. The number of halogens is 1. The normalized spacial score (nSPS) is 10.8. The highest BCUT2D eigenvalue weighted by Gasteiger charge is 2.18. The molecule has 3 aromatic rings. The van der Waals surface area contributed by atoms with Crippen LogP contribution in [0.25, 0.3) is 11.4 Å². The number of furan rings is 1. The summed E-state index contributed by atoms with van der Waals surface area (Å²) in [4.78, 5) is 12.5. The zero-order valence-electron chi connectivity index (χ0n) is 16.4. The monoisotopic (exact) mass is 432 g/mol. The number of nitrogens with zero attached hydrogens (tertiary/aromatic N) is 3. The number of carbonyl (C=O) groups excluding carboxylic acids is 1. The number of thioether (sulfide) groups is 1. The highest BCUT2D eigenvalue weighted by atomic mass is 35.5. The van der Waals surface area contributed by atoms with Gasteiger partial charge in [0.2, 0.25) is 5.91 Å². The number of benzene rings is 1. The highest BCUT2D eigenvalue weighted by molar-refractivity contribution is 7.99. The molecule has 0 saturated carbocycles. The smallest absolute Gasteiger partial charge is 0.234 e. The van der Waals surface area contributed by atoms with Crippen molar-refractivity contribution >= 4 is 35.0 Å². The van der Waals surface area contributed by atoms with Crippen LogP contribution >= 0.6 is 23.4 Å². The minimum Gasteiger partial charge on any atom is -0.495 e. The molecule has 0 aliphatic carbocycles. The fourth-order valence-corrected chi connectivity index (χ4v) is 3.65. The molecular formula is C20H21ClN4O3S. The van der Waals surface area contributed by atoms with Crippen LogP contribution in [0, 0.1) is 13.8 Å². The molecule has 0 bridgehead atoms. The lowest BCUT2D eigenvalue weighted by Crippen LogP contribution is -2.15. The van der Waals surface area contributed by atoms with Gasteiger partial charge in [0.25, 0.3) is 0 Å². The summed E-state index contributed by atoms with van der Waals surface area (Å²) in [6.45, 7) is 8.04. The van der Waals surface area contributed by atoms with E-state index >= 15 is 0 Å². The number of nitrogens with one attached hydrogen (secondary N) is 1. The van der Waals surface area contributed by atoms with E-state index in [-0.39, 0.29) is 11.7 Å². The van der Waals surface area contributed by atoms with Gasteiger partial charge in [-0.3, -0.25) is 9.36 Å². The Morgan fingerprint density at radius 2 is 2.21 bits per heavy atom. The van der Waals surface area contributed by atoms with Crippen molar-refractivity contribution in [1.82, 2.24) is 14.8 Å². The Morgan fingerprint density at radius 1 is 1.41 bits per heavy atom. The van der Waals surface area contributed by atoms with Crippen LogP contribution in [0.5, 0.6) is 5.75 Å². The fourth-order valence-electron chi connectivity index (χ4n) is 2.75. The Kier molecular flexibility index (Phi) is 6.66. The van der Waals surface area contributed by atoms with E-state index in [4.69, 9.17) is 20.8 Å². The first-order valence-electron chi connectivity index (χ1n) is 8.80. The first-order chi connectivity index (χ1) is 13.9. The van der Waals surface area contributed by atoms with Crippen LogP contribution in [0.4, 0.5) is 5.69 Å². The van der Waals surface area contributed by atoms with Crippen LogP contribution in [0.15, 0.2) is 46.7 Å². The second-order valence-electron chi connectivity index (χ2n) is 6.23. The number of rotatable bonds is 8. The van der Waals surface area contributed by atoms with Crippen molar-refractivity contribution in [3.8, 4) is 17.1 Å². The second-order valence-corrected chi connectivity index (χ2v) is 7.58. The van der Waals surface area contributed by atoms with Crippen LogP contribution < -0.4 is 10.1 Å². The van der Waals surface area contributed by atoms with Crippen molar-refractivity contribution in [3.05, 3.63) is 53.5 Å². The van der Waals surface area contributed by atoms with Gasteiger partial charge >= 0.3 is 0 Å². The predicted molar refractivity (Wildman–Crippen MR) is 115 cm³/mol. The Hall–Kier alpha value is -2.71. The quantitative estimate of drug-likeness (QED) is 0.409. The minimum atomic E-state index is -0.191. The average molecular weight is 433 g/mol. The zero-order chi connectivity index (χ0) is 21.0. The lowest BCUT2D eigenvalue weighted by molar-refractivity contribution is -0.113. The van der Waals surface area contributed by atoms with Crippen molar-refractivity contribution in [1.29, 1.82) is 0 Å². The Labute approximate surface area is 178 Å². The number of anilines is 1. The van der Waals surface area contributed by atoms with Crippen LogP contribution in [-0.4, -0.2) is 33.5 Å². The van der Waals surface area contributed by atoms with E-state index < -0.39 is 0 Å². The van der Waals surface area contributed by atoms with Crippen LogP contribution in [-0.2, 0) is 11.3 Å². The van der Waals surface area contributed by atoms with Crippen molar-refractivity contribution in [2.45, 2.75) is 25.5 Å². The molecule has 152 valence electrons. The summed E-state index contributed by atoms with van der Waals surface area (Å²) in [5.41, 5.74) is 2.28. The Bertz CT molecular complexity index is 1040. The number of hydrogen-bond donors (Lipinski definition) is 1. The molecule has 0 saturated heterocycles. The summed E-state index contributed by atoms with van der Waals surface area (Å²) in [7, 11) is 1.53. The molecule has 0 aliphatic heterocycles. The van der Waals surface area contributed by atoms with Gasteiger partial charge in [-0.25, -0.2) is 0 Å². The maximum atomic E-state index is 12.5. The van der Waals surface area contributed by atoms with Crippen LogP contribution in [0.1, 0.15) is 11.3 Å². The van der Waals surface area contributed by atoms with Gasteiger partial charge in [-0.1, -0.05) is 29.4 Å². The molecule has 0 aliphatic rings. The number of aryl methyl sites for hydroxylation is 2. The van der Waals surface area contributed by atoms with E-state index in [1.807, 2.05) is 24.5 Å². The molecule has 2 heterocycles. The average Bonchev–Trinajstić information content (AvgIpc) is 3.29. The molecule has 0 spiro atoms. The van der Waals surface area contributed by atoms with Crippen molar-refractivity contribution in [2.75, 3.05) is 18.2 Å². The van der Waals surface area contributed by atoms with Gasteiger partial charge in [0.1, 0.15) is 11.5 Å². The van der Waals surface area contributed by atoms with Gasteiger partial charge in [-0.2, -0.15) is 0 Å². The summed E-state index contributed by atoms with van der Waals surface area (Å²) in [6.07, 6.45) is 3.37. The maximum Gasteiger partial charge on any atom is 0.234 e. The number of aromatic nitrogens is 3. The van der Waals surface area contributed by atoms with Gasteiger partial charge in [-0.15, -0.1) is 16.8 Å². The number of methoxy groups -OCH3 is 1. The van der Waals surface area contributed by atoms with E-state index in [1.54, 1.807) is 24.5 Å². The summed E-state index contributed by atoms with van der Waals surface area (Å²) < 4.78 is 12.6. The standard InChI is InChI=1S/C20H21ClN4O3S/c1-5-7-25-19(14-6-8-28-13(14)3)23-24-20(25)29-11-18(26)22-16-9-12(2)15(21)10-17(16)27-4/h5-6,8-10H,1,7,11H2,2-4H3,(H,22,26). The summed E-state index contributed by atoms with van der Waals surface area (Å²) >= 11 is 7.41. The van der Waals surface area contributed by atoms with Gasteiger partial charge in [0.15, 0.2) is 11.0 Å². The van der Waals surface area contributed by atoms with Crippen LogP contribution in [0.3, 0.4) is 0 Å². The van der Waals surface area contributed by atoms with E-state index in [0.717, 1.165) is 16.9 Å². The van der Waals surface area contributed by atoms with E-state index in [9.17, 15) is 4.79 Å². The van der Waals surface area contributed by atoms with Crippen LogP contribution in [0.2, 0.25) is 5.02 Å². The molecule has 1 N–H and O–H groups in total. The van der Waals surface area contributed by atoms with E-state index in [1.165, 1.54) is 18.9 Å². The van der Waals surface area contributed by atoms with Gasteiger partial charge in [0.05, 0.1) is 30.4 Å². The SMILES string of the molecule is C=CCn1c(SCC(=O)Nc2cc(C)c(Cl)cc2OC)nnc1-c1ccoc1C. The zero-order valence-corrected chi connectivity index (χ0v) is 17.9. The fraction of sp³-hybridized carbons (Fsp3) is 0.250. The van der Waals surface area contributed by atoms with Crippen molar-refractivity contribution < 1.29 is 13.9 Å². The minimum absolute atomic E-state index is 0.157. The molecule has 3 rings (SSSR count). The molecule has 0 unspecified atom stereocenters. The van der Waals surface area contributed by atoms with Crippen molar-refractivity contribution in [2.24, 2.45) is 0 Å². The predicted octanol–water partition coefficient (Wildman–Crippen LogP) is 4.73. The third kappa shape index (κ3) is 4.65. The molecule has 1 amide bonds. The summed E-state index contributed by atoms with van der Waals surface area (Å²) in [5, 5.41) is 12.6. The molecule has 0 radical (unpaired) electrons. The molecule has 9 heteroatoms.